The topological polar surface area (TPSA) is 35.5 Å². The fourth-order valence-corrected chi connectivity index (χ4v) is 1.14. The third-order valence-corrected chi connectivity index (χ3v) is 1.84. The van der Waals surface area contributed by atoms with Crippen molar-refractivity contribution in [2.24, 2.45) is 0 Å². The van der Waals surface area contributed by atoms with Crippen LogP contribution >= 0.6 is 0 Å². The van der Waals surface area contributed by atoms with Gasteiger partial charge in [-0.3, -0.25) is 0 Å². The number of carbonyl (C=O) groups excluding carboxylic acids is 1. The van der Waals surface area contributed by atoms with Gasteiger partial charge in [0.1, 0.15) is 12.7 Å². The lowest BCUT2D eigenvalue weighted by Crippen LogP contribution is -2.13. The zero-order chi connectivity index (χ0) is 10.4. The molecule has 3 nitrogen and oxygen atoms in total. The van der Waals surface area contributed by atoms with Gasteiger partial charge in [-0.15, -0.1) is 0 Å². The van der Waals surface area contributed by atoms with Crippen LogP contribution in [0.4, 0.5) is 0 Å². The maximum absolute atomic E-state index is 11.1. The van der Waals surface area contributed by atoms with Gasteiger partial charge in [-0.25, -0.2) is 4.79 Å². The van der Waals surface area contributed by atoms with Crippen molar-refractivity contribution in [1.82, 2.24) is 0 Å². The van der Waals surface area contributed by atoms with Gasteiger partial charge in [0.25, 0.3) is 0 Å². The third kappa shape index (κ3) is 3.18. The minimum Gasteiger partial charge on any atom is -0.456 e. The van der Waals surface area contributed by atoms with Crippen LogP contribution in [0.15, 0.2) is 30.3 Å². The van der Waals surface area contributed by atoms with Crippen molar-refractivity contribution in [2.75, 3.05) is 13.7 Å². The van der Waals surface area contributed by atoms with Gasteiger partial charge in [-0.1, -0.05) is 30.3 Å². The lowest BCUT2D eigenvalue weighted by molar-refractivity contribution is -0.152. The van der Waals surface area contributed by atoms with Crippen LogP contribution in [0.2, 0.25) is 0 Å². The molecule has 0 spiro atoms. The number of ether oxygens (including phenoxy) is 2. The number of carbonyl (C=O) groups is 1. The van der Waals surface area contributed by atoms with Crippen LogP contribution in [0.1, 0.15) is 18.6 Å². The number of rotatable bonds is 4. The van der Waals surface area contributed by atoms with E-state index < -0.39 is 0 Å². The molecule has 0 aliphatic carbocycles. The molecule has 0 fully saturated rings. The van der Waals surface area contributed by atoms with E-state index in [0.717, 1.165) is 5.56 Å². The molecule has 1 aromatic carbocycles. The Morgan fingerprint density at radius 3 is 2.57 bits per heavy atom. The van der Waals surface area contributed by atoms with E-state index in [2.05, 4.69) is 4.74 Å². The number of esters is 1. The molecule has 1 atom stereocenters. The van der Waals surface area contributed by atoms with Crippen molar-refractivity contribution in [1.29, 1.82) is 0 Å². The number of hydrogen-bond acceptors (Lipinski definition) is 3. The minimum absolute atomic E-state index is 0.00280. The van der Waals surface area contributed by atoms with E-state index in [9.17, 15) is 4.79 Å². The maximum Gasteiger partial charge on any atom is 0.332 e. The quantitative estimate of drug-likeness (QED) is 0.687. The molecule has 3 heteroatoms. The highest BCUT2D eigenvalue weighted by Crippen LogP contribution is 2.15. The smallest absolute Gasteiger partial charge is 0.332 e. The Labute approximate surface area is 83.6 Å². The molecular formula is C11H14O3. The molecule has 0 aromatic heterocycles. The molecule has 0 radical (unpaired) electrons. The van der Waals surface area contributed by atoms with Crippen LogP contribution in [0.3, 0.4) is 0 Å². The van der Waals surface area contributed by atoms with Crippen molar-refractivity contribution >= 4 is 5.97 Å². The van der Waals surface area contributed by atoms with Crippen LogP contribution in [-0.4, -0.2) is 19.7 Å². The van der Waals surface area contributed by atoms with Gasteiger partial charge < -0.3 is 9.47 Å². The molecule has 0 amide bonds. The second kappa shape index (κ2) is 5.40. The highest BCUT2D eigenvalue weighted by molar-refractivity contribution is 5.71. The Morgan fingerprint density at radius 2 is 2.00 bits per heavy atom. The Hall–Kier alpha value is -1.35. The summed E-state index contributed by atoms with van der Waals surface area (Å²) in [5.41, 5.74) is 0.983. The lowest BCUT2D eigenvalue weighted by atomic mass is 10.1. The first-order valence-corrected chi connectivity index (χ1v) is 4.47. The van der Waals surface area contributed by atoms with E-state index in [4.69, 9.17) is 4.74 Å². The van der Waals surface area contributed by atoms with Gasteiger partial charge >= 0.3 is 5.97 Å². The highest BCUT2D eigenvalue weighted by atomic mass is 16.6. The van der Waals surface area contributed by atoms with Crippen molar-refractivity contribution in [3.63, 3.8) is 0 Å². The van der Waals surface area contributed by atoms with Crippen molar-refractivity contribution in [3.8, 4) is 0 Å². The molecule has 14 heavy (non-hydrogen) atoms. The molecule has 0 saturated heterocycles. The van der Waals surface area contributed by atoms with Gasteiger partial charge in [-0.2, -0.15) is 0 Å². The van der Waals surface area contributed by atoms with Crippen LogP contribution in [0.5, 0.6) is 0 Å². The zero-order valence-corrected chi connectivity index (χ0v) is 8.40. The molecule has 0 saturated carbocycles. The standard InChI is InChI=1S/C11H14O3/c1-9(14-11(12)8-13-2)10-6-4-3-5-7-10/h3-7,9H,8H2,1-2H3/t9-/m1/s1. The van der Waals surface area contributed by atoms with E-state index in [1.807, 2.05) is 37.3 Å². The summed E-state index contributed by atoms with van der Waals surface area (Å²) in [6.45, 7) is 1.83. The van der Waals surface area contributed by atoms with E-state index in [1.165, 1.54) is 7.11 Å². The van der Waals surface area contributed by atoms with E-state index in [1.54, 1.807) is 0 Å². The molecule has 0 N–H and O–H groups in total. The molecule has 0 bridgehead atoms. The van der Waals surface area contributed by atoms with Gasteiger partial charge in [-0.05, 0) is 12.5 Å². The predicted octanol–water partition coefficient (Wildman–Crippen LogP) is 1.94. The van der Waals surface area contributed by atoms with Gasteiger partial charge in [0, 0.05) is 7.11 Å². The summed E-state index contributed by atoms with van der Waals surface area (Å²) in [5, 5.41) is 0. The molecule has 0 unspecified atom stereocenters. The van der Waals surface area contributed by atoms with Crippen molar-refractivity contribution in [2.45, 2.75) is 13.0 Å². The normalized spacial score (nSPS) is 12.1. The van der Waals surface area contributed by atoms with E-state index in [0.29, 0.717) is 0 Å². The van der Waals surface area contributed by atoms with Crippen LogP contribution in [0.25, 0.3) is 0 Å². The Morgan fingerprint density at radius 1 is 1.36 bits per heavy atom. The maximum atomic E-state index is 11.1. The molecule has 1 rings (SSSR count). The summed E-state index contributed by atoms with van der Waals surface area (Å²) in [6.07, 6.45) is -0.223. The van der Waals surface area contributed by atoms with Gasteiger partial charge in [0.2, 0.25) is 0 Å². The average Bonchev–Trinajstić information content (AvgIpc) is 2.19. The first kappa shape index (κ1) is 10.7. The highest BCUT2D eigenvalue weighted by Gasteiger charge is 2.10. The van der Waals surface area contributed by atoms with E-state index >= 15 is 0 Å². The fourth-order valence-electron chi connectivity index (χ4n) is 1.14. The summed E-state index contributed by atoms with van der Waals surface area (Å²) >= 11 is 0. The van der Waals surface area contributed by atoms with Crippen LogP contribution in [0, 0.1) is 0 Å². The Balaban J connectivity index is 2.50. The van der Waals surface area contributed by atoms with Crippen LogP contribution < -0.4 is 0 Å². The molecule has 76 valence electrons. The Kier molecular flexibility index (Phi) is 4.13. The second-order valence-electron chi connectivity index (χ2n) is 2.98. The summed E-state index contributed by atoms with van der Waals surface area (Å²) in [7, 11) is 1.47. The third-order valence-electron chi connectivity index (χ3n) is 1.84. The predicted molar refractivity (Wildman–Crippen MR) is 52.8 cm³/mol. The first-order chi connectivity index (χ1) is 6.74. The summed E-state index contributed by atoms with van der Waals surface area (Å²) in [5.74, 6) is -0.344. The van der Waals surface area contributed by atoms with Crippen LogP contribution in [-0.2, 0) is 14.3 Å². The molecule has 0 aliphatic heterocycles. The number of hydrogen-bond donors (Lipinski definition) is 0. The van der Waals surface area contributed by atoms with E-state index in [-0.39, 0.29) is 18.7 Å². The summed E-state index contributed by atoms with van der Waals surface area (Å²) in [6, 6.07) is 9.59. The minimum atomic E-state index is -0.344. The van der Waals surface area contributed by atoms with Crippen molar-refractivity contribution in [3.05, 3.63) is 35.9 Å². The number of methoxy groups -OCH3 is 1. The number of benzene rings is 1. The molecule has 0 aliphatic rings. The van der Waals surface area contributed by atoms with Crippen molar-refractivity contribution < 1.29 is 14.3 Å². The molecular weight excluding hydrogens is 180 g/mol. The van der Waals surface area contributed by atoms with Gasteiger partial charge in [0.05, 0.1) is 0 Å². The second-order valence-corrected chi connectivity index (χ2v) is 2.98. The lowest BCUT2D eigenvalue weighted by Gasteiger charge is -2.12. The monoisotopic (exact) mass is 194 g/mol. The average molecular weight is 194 g/mol. The summed E-state index contributed by atoms with van der Waals surface area (Å²) < 4.78 is 9.78. The largest absolute Gasteiger partial charge is 0.456 e. The Bertz CT molecular complexity index is 282. The summed E-state index contributed by atoms with van der Waals surface area (Å²) in [4.78, 5) is 11.1. The molecule has 0 heterocycles. The van der Waals surface area contributed by atoms with Gasteiger partial charge in [0.15, 0.2) is 0 Å². The molecule has 1 aromatic rings. The fraction of sp³-hybridized carbons (Fsp3) is 0.364. The SMILES string of the molecule is COCC(=O)O[C@H](C)c1ccccc1. The first-order valence-electron chi connectivity index (χ1n) is 4.47. The zero-order valence-electron chi connectivity index (χ0n) is 8.40.